The molecule has 26 heavy (non-hydrogen) atoms. The fourth-order valence-electron chi connectivity index (χ4n) is 2.84. The molecule has 0 spiro atoms. The highest BCUT2D eigenvalue weighted by Crippen LogP contribution is 2.38. The number of nitrogens with one attached hydrogen (secondary N) is 1. The van der Waals surface area contributed by atoms with Crippen LogP contribution in [0.15, 0.2) is 18.2 Å². The van der Waals surface area contributed by atoms with Crippen molar-refractivity contribution < 1.29 is 9.47 Å². The van der Waals surface area contributed by atoms with Crippen LogP contribution in [0.4, 0.5) is 11.8 Å². The van der Waals surface area contributed by atoms with Crippen molar-refractivity contribution in [1.82, 2.24) is 24.6 Å². The fourth-order valence-corrected chi connectivity index (χ4v) is 2.84. The molecule has 3 heterocycles. The number of ether oxygens (including phenoxy) is 2. The van der Waals surface area contributed by atoms with E-state index in [9.17, 15) is 0 Å². The number of nitrogen functional groups attached to an aromatic ring is 1. The first-order chi connectivity index (χ1) is 12.5. The molecule has 4 rings (SSSR count). The lowest BCUT2D eigenvalue weighted by molar-refractivity contribution is 0.174. The quantitative estimate of drug-likeness (QED) is 0.706. The molecule has 0 radical (unpaired) electrons. The summed E-state index contributed by atoms with van der Waals surface area (Å²) < 4.78 is 12.5. The standard InChI is InChI=1S/C17H21N7O2/c1-23(2)7-6-19-17-20-14(13-15(18)24(3)22-16(13)21-17)10-4-5-11-12(8-10)26-9-25-11/h4-5,8H,6-7,9,18H2,1-3H3,(H,19,21,22). The highest BCUT2D eigenvalue weighted by Gasteiger charge is 2.20. The van der Waals surface area contributed by atoms with Gasteiger partial charge in [0.1, 0.15) is 5.82 Å². The predicted octanol–water partition coefficient (Wildman–Crippen LogP) is 1.31. The molecule has 0 fully saturated rings. The van der Waals surface area contributed by atoms with Crippen LogP contribution < -0.4 is 20.5 Å². The smallest absolute Gasteiger partial charge is 0.231 e. The molecule has 0 saturated heterocycles. The van der Waals surface area contributed by atoms with E-state index in [1.54, 1.807) is 11.7 Å². The van der Waals surface area contributed by atoms with Gasteiger partial charge in [0.25, 0.3) is 0 Å². The number of likely N-dealkylation sites (N-methyl/N-ethyl adjacent to an activating group) is 1. The van der Waals surface area contributed by atoms with Gasteiger partial charge in [0.2, 0.25) is 12.7 Å². The molecule has 0 unspecified atom stereocenters. The summed E-state index contributed by atoms with van der Waals surface area (Å²) in [6, 6.07) is 5.71. The molecule has 3 aromatic rings. The van der Waals surface area contributed by atoms with E-state index in [1.807, 2.05) is 32.3 Å². The van der Waals surface area contributed by atoms with Crippen LogP contribution in [0.3, 0.4) is 0 Å². The van der Waals surface area contributed by atoms with Crippen molar-refractivity contribution in [3.63, 3.8) is 0 Å². The van der Waals surface area contributed by atoms with E-state index in [2.05, 4.69) is 20.3 Å². The monoisotopic (exact) mass is 355 g/mol. The summed E-state index contributed by atoms with van der Waals surface area (Å²) in [6.07, 6.45) is 0. The Kier molecular flexibility index (Phi) is 4.00. The Morgan fingerprint density at radius 1 is 1.23 bits per heavy atom. The SMILES string of the molecule is CN(C)CCNc1nc(-c2ccc3c(c2)OCO3)c2c(N)n(C)nc2n1. The molecular weight excluding hydrogens is 334 g/mol. The molecule has 3 N–H and O–H groups in total. The van der Waals surface area contributed by atoms with Crippen molar-refractivity contribution in [3.8, 4) is 22.8 Å². The summed E-state index contributed by atoms with van der Waals surface area (Å²) in [4.78, 5) is 11.3. The number of fused-ring (bicyclic) bond motifs is 2. The minimum Gasteiger partial charge on any atom is -0.454 e. The number of benzene rings is 1. The third-order valence-electron chi connectivity index (χ3n) is 4.23. The molecule has 0 amide bonds. The number of aromatic nitrogens is 4. The van der Waals surface area contributed by atoms with Crippen LogP contribution in [0.25, 0.3) is 22.3 Å². The van der Waals surface area contributed by atoms with E-state index < -0.39 is 0 Å². The molecule has 1 aliphatic rings. The normalized spacial score (nSPS) is 12.9. The van der Waals surface area contributed by atoms with E-state index in [-0.39, 0.29) is 6.79 Å². The average molecular weight is 355 g/mol. The molecule has 2 aromatic heterocycles. The number of rotatable bonds is 5. The van der Waals surface area contributed by atoms with Crippen LogP contribution in [-0.4, -0.2) is 58.6 Å². The number of anilines is 2. The van der Waals surface area contributed by atoms with Crippen molar-refractivity contribution in [3.05, 3.63) is 18.2 Å². The largest absolute Gasteiger partial charge is 0.454 e. The number of nitrogens with zero attached hydrogens (tertiary/aromatic N) is 5. The summed E-state index contributed by atoms with van der Waals surface area (Å²) in [5, 5.41) is 8.39. The topological polar surface area (TPSA) is 103 Å². The Balaban J connectivity index is 1.80. The molecule has 1 aromatic carbocycles. The van der Waals surface area contributed by atoms with E-state index in [1.165, 1.54) is 0 Å². The van der Waals surface area contributed by atoms with E-state index in [0.29, 0.717) is 28.9 Å². The first-order valence-corrected chi connectivity index (χ1v) is 8.32. The summed E-state index contributed by atoms with van der Waals surface area (Å²) >= 11 is 0. The highest BCUT2D eigenvalue weighted by molar-refractivity contribution is 5.99. The van der Waals surface area contributed by atoms with E-state index in [4.69, 9.17) is 20.2 Å². The van der Waals surface area contributed by atoms with Gasteiger partial charge in [-0.05, 0) is 32.3 Å². The molecule has 0 atom stereocenters. The third-order valence-corrected chi connectivity index (χ3v) is 4.23. The predicted molar refractivity (Wildman–Crippen MR) is 99.3 cm³/mol. The Bertz CT molecular complexity index is 967. The van der Waals surface area contributed by atoms with E-state index in [0.717, 1.165) is 29.8 Å². The van der Waals surface area contributed by atoms with Crippen LogP contribution in [0.5, 0.6) is 11.5 Å². The third kappa shape index (κ3) is 2.86. The van der Waals surface area contributed by atoms with Gasteiger partial charge in [0.05, 0.1) is 11.1 Å². The molecule has 0 aliphatic carbocycles. The van der Waals surface area contributed by atoms with Crippen molar-refractivity contribution in [2.24, 2.45) is 7.05 Å². The Morgan fingerprint density at radius 2 is 2.04 bits per heavy atom. The first-order valence-electron chi connectivity index (χ1n) is 8.32. The Morgan fingerprint density at radius 3 is 2.85 bits per heavy atom. The van der Waals surface area contributed by atoms with Gasteiger partial charge in [-0.2, -0.15) is 10.1 Å². The second kappa shape index (κ2) is 6.34. The van der Waals surface area contributed by atoms with Crippen LogP contribution in [0, 0.1) is 0 Å². The van der Waals surface area contributed by atoms with E-state index >= 15 is 0 Å². The van der Waals surface area contributed by atoms with Gasteiger partial charge >= 0.3 is 0 Å². The van der Waals surface area contributed by atoms with Crippen LogP contribution in [0.1, 0.15) is 0 Å². The van der Waals surface area contributed by atoms with Gasteiger partial charge in [0, 0.05) is 25.7 Å². The van der Waals surface area contributed by atoms with Crippen molar-refractivity contribution >= 4 is 22.8 Å². The van der Waals surface area contributed by atoms with Gasteiger partial charge in [-0.25, -0.2) is 4.98 Å². The minimum atomic E-state index is 0.227. The molecule has 136 valence electrons. The summed E-state index contributed by atoms with van der Waals surface area (Å²) in [5.74, 6) is 2.46. The van der Waals surface area contributed by atoms with Crippen molar-refractivity contribution in [2.75, 3.05) is 45.0 Å². The first kappa shape index (κ1) is 16.4. The highest BCUT2D eigenvalue weighted by atomic mass is 16.7. The lowest BCUT2D eigenvalue weighted by atomic mass is 10.1. The zero-order valence-electron chi connectivity index (χ0n) is 15.0. The molecule has 9 heteroatoms. The number of aryl methyl sites for hydroxylation is 1. The molecular formula is C17H21N7O2. The summed E-state index contributed by atoms with van der Waals surface area (Å²) in [6.45, 7) is 1.82. The number of hydrogen-bond acceptors (Lipinski definition) is 8. The van der Waals surface area contributed by atoms with Gasteiger partial charge in [-0.3, -0.25) is 4.68 Å². The van der Waals surface area contributed by atoms with Gasteiger partial charge in [0.15, 0.2) is 17.1 Å². The lowest BCUT2D eigenvalue weighted by Crippen LogP contribution is -2.21. The minimum absolute atomic E-state index is 0.227. The van der Waals surface area contributed by atoms with Gasteiger partial charge < -0.3 is 25.4 Å². The second-order valence-corrected chi connectivity index (χ2v) is 6.40. The fraction of sp³-hybridized carbons (Fsp3) is 0.353. The van der Waals surface area contributed by atoms with Crippen LogP contribution >= 0.6 is 0 Å². The maximum absolute atomic E-state index is 6.22. The number of nitrogens with two attached hydrogens (primary N) is 1. The zero-order chi connectivity index (χ0) is 18.3. The van der Waals surface area contributed by atoms with Gasteiger partial charge in [-0.1, -0.05) is 0 Å². The summed E-state index contributed by atoms with van der Waals surface area (Å²) in [5.41, 5.74) is 8.36. The van der Waals surface area contributed by atoms with Crippen LogP contribution in [-0.2, 0) is 7.05 Å². The molecule has 1 aliphatic heterocycles. The molecule has 0 bridgehead atoms. The zero-order valence-corrected chi connectivity index (χ0v) is 15.0. The summed E-state index contributed by atoms with van der Waals surface area (Å²) in [7, 11) is 5.83. The Hall–Kier alpha value is -3.07. The molecule has 0 saturated carbocycles. The lowest BCUT2D eigenvalue weighted by Gasteiger charge is -2.11. The van der Waals surface area contributed by atoms with Crippen molar-refractivity contribution in [1.29, 1.82) is 0 Å². The van der Waals surface area contributed by atoms with Crippen molar-refractivity contribution in [2.45, 2.75) is 0 Å². The number of hydrogen-bond donors (Lipinski definition) is 2. The molecule has 9 nitrogen and oxygen atoms in total. The Labute approximate surface area is 150 Å². The van der Waals surface area contributed by atoms with Gasteiger partial charge in [-0.15, -0.1) is 0 Å². The maximum Gasteiger partial charge on any atom is 0.231 e. The average Bonchev–Trinajstić information content (AvgIpc) is 3.18. The maximum atomic E-state index is 6.22. The second-order valence-electron chi connectivity index (χ2n) is 6.40. The van der Waals surface area contributed by atoms with Crippen LogP contribution in [0.2, 0.25) is 0 Å².